The van der Waals surface area contributed by atoms with Gasteiger partial charge in [-0.25, -0.2) is 0 Å². The number of halogens is 4. The summed E-state index contributed by atoms with van der Waals surface area (Å²) >= 11 is 25.2. The van der Waals surface area contributed by atoms with Crippen molar-refractivity contribution in [3.63, 3.8) is 0 Å². The zero-order valence-electron chi connectivity index (χ0n) is 4.04. The van der Waals surface area contributed by atoms with Gasteiger partial charge in [0.25, 0.3) is 4.51 Å². The third-order valence-electron chi connectivity index (χ3n) is 0.349. The molecule has 0 aromatic rings. The molecule has 0 amide bonds. The lowest BCUT2D eigenvalue weighted by Gasteiger charge is -2.09. The summed E-state index contributed by atoms with van der Waals surface area (Å²) in [7, 11) is 0. The second kappa shape index (κ2) is 4.04. The number of thiocarbonyl (C=S) groups is 1. The third-order valence-corrected chi connectivity index (χ3v) is 0.904. The highest BCUT2D eigenvalue weighted by Crippen LogP contribution is 2.26. The van der Waals surface area contributed by atoms with E-state index in [0.717, 1.165) is 0 Å². The Bertz CT molecular complexity index is 109. The second-order valence-electron chi connectivity index (χ2n) is 1.14. The maximum absolute atomic E-state index is 5.26. The van der Waals surface area contributed by atoms with Gasteiger partial charge >= 0.3 is 0 Å². The van der Waals surface area contributed by atoms with Gasteiger partial charge < -0.3 is 4.74 Å². The molecule has 9 heavy (non-hydrogen) atoms. The predicted octanol–water partition coefficient (Wildman–Crippen LogP) is 2.90. The van der Waals surface area contributed by atoms with Gasteiger partial charge in [-0.15, -0.1) is 0 Å². The Morgan fingerprint density at radius 2 is 1.89 bits per heavy atom. The minimum atomic E-state index is -1.45. The molecular weight excluding hydrogens is 226 g/mol. The molecule has 0 aliphatic carbocycles. The molecular formula is C3H2Cl4OS. The van der Waals surface area contributed by atoms with E-state index in [1.165, 1.54) is 0 Å². The van der Waals surface area contributed by atoms with Crippen molar-refractivity contribution < 1.29 is 4.74 Å². The average molecular weight is 228 g/mol. The fraction of sp³-hybridized carbons (Fsp3) is 0.667. The van der Waals surface area contributed by atoms with Gasteiger partial charge in [-0.3, -0.25) is 0 Å². The molecule has 0 aliphatic heterocycles. The molecule has 0 aliphatic rings. The zero-order chi connectivity index (χ0) is 7.49. The van der Waals surface area contributed by atoms with Crippen LogP contribution in [-0.2, 0) is 4.74 Å². The molecule has 0 N–H and O–H groups in total. The largest absolute Gasteiger partial charge is 0.470 e. The predicted molar refractivity (Wildman–Crippen MR) is 44.7 cm³/mol. The van der Waals surface area contributed by atoms with Gasteiger partial charge in [-0.2, -0.15) is 0 Å². The smallest absolute Gasteiger partial charge is 0.255 e. The molecule has 0 radical (unpaired) electrons. The highest BCUT2D eigenvalue weighted by Gasteiger charge is 2.20. The van der Waals surface area contributed by atoms with Crippen LogP contribution in [0.5, 0.6) is 0 Å². The molecule has 1 nitrogen and oxygen atoms in total. The van der Waals surface area contributed by atoms with E-state index >= 15 is 0 Å². The summed E-state index contributed by atoms with van der Waals surface area (Å²) in [6.45, 7) is -0.125. The number of hydrogen-bond donors (Lipinski definition) is 0. The maximum atomic E-state index is 5.26. The lowest BCUT2D eigenvalue weighted by Crippen LogP contribution is -2.13. The third kappa shape index (κ3) is 9.05. The van der Waals surface area contributed by atoms with Crippen LogP contribution in [0, 0.1) is 0 Å². The molecule has 0 rings (SSSR count). The van der Waals surface area contributed by atoms with Crippen molar-refractivity contribution in [2.45, 2.75) is 3.79 Å². The number of alkyl halides is 3. The van der Waals surface area contributed by atoms with E-state index in [-0.39, 0.29) is 11.1 Å². The Kier molecular flexibility index (Phi) is 4.51. The van der Waals surface area contributed by atoms with Crippen molar-refractivity contribution in [2.24, 2.45) is 0 Å². The quantitative estimate of drug-likeness (QED) is 0.387. The number of rotatable bonds is 1. The molecule has 0 saturated carbocycles. The molecule has 0 aromatic heterocycles. The first-order valence-electron chi connectivity index (χ1n) is 1.81. The van der Waals surface area contributed by atoms with Gasteiger partial charge in [0.2, 0.25) is 3.79 Å². The molecule has 6 heteroatoms. The first-order valence-corrected chi connectivity index (χ1v) is 3.73. The van der Waals surface area contributed by atoms with Crippen LogP contribution in [0.2, 0.25) is 0 Å². The normalized spacial score (nSPS) is 11.1. The lowest BCUT2D eigenvalue weighted by molar-refractivity contribution is 0.329. The van der Waals surface area contributed by atoms with Gasteiger partial charge in [0.15, 0.2) is 0 Å². The molecule has 0 atom stereocenters. The first-order chi connectivity index (χ1) is 3.92. The molecule has 0 unspecified atom stereocenters. The van der Waals surface area contributed by atoms with Crippen LogP contribution < -0.4 is 0 Å². The van der Waals surface area contributed by atoms with Crippen LogP contribution in [0.15, 0.2) is 0 Å². The Labute approximate surface area is 78.2 Å². The average Bonchev–Trinajstić information content (AvgIpc) is 1.59. The minimum absolute atomic E-state index is 0.125. The van der Waals surface area contributed by atoms with Gasteiger partial charge in [0, 0.05) is 0 Å². The SMILES string of the molecule is S=C(Cl)OCC(Cl)(Cl)Cl. The standard InChI is InChI=1S/C3H2Cl4OS/c4-2(9)8-1-3(5,6)7/h1H2. The van der Waals surface area contributed by atoms with Crippen molar-refractivity contribution >= 4 is 63.1 Å². The van der Waals surface area contributed by atoms with Crippen LogP contribution in [0.4, 0.5) is 0 Å². The van der Waals surface area contributed by atoms with Crippen LogP contribution in [-0.4, -0.2) is 14.9 Å². The van der Waals surface area contributed by atoms with Crippen LogP contribution in [0.3, 0.4) is 0 Å². The fourth-order valence-electron chi connectivity index (χ4n) is 0.139. The van der Waals surface area contributed by atoms with Crippen LogP contribution in [0.1, 0.15) is 0 Å². The summed E-state index contributed by atoms with van der Waals surface area (Å²) in [5.41, 5.74) is 0. The van der Waals surface area contributed by atoms with E-state index in [1.54, 1.807) is 0 Å². The monoisotopic (exact) mass is 226 g/mol. The topological polar surface area (TPSA) is 9.23 Å². The van der Waals surface area contributed by atoms with Crippen molar-refractivity contribution in [1.82, 2.24) is 0 Å². The van der Waals surface area contributed by atoms with Crippen molar-refractivity contribution in [1.29, 1.82) is 0 Å². The van der Waals surface area contributed by atoms with Gasteiger partial charge in [0.1, 0.15) is 6.61 Å². The van der Waals surface area contributed by atoms with Crippen molar-refractivity contribution in [2.75, 3.05) is 6.61 Å². The maximum Gasteiger partial charge on any atom is 0.255 e. The lowest BCUT2D eigenvalue weighted by atomic mass is 10.8. The van der Waals surface area contributed by atoms with Gasteiger partial charge in [0.05, 0.1) is 0 Å². The summed E-state index contributed by atoms with van der Waals surface area (Å²) in [6, 6.07) is 0. The first kappa shape index (κ1) is 10.0. The Hall–Kier alpha value is 1.05. The Morgan fingerprint density at radius 1 is 1.44 bits per heavy atom. The Morgan fingerprint density at radius 3 is 2.00 bits per heavy atom. The molecule has 0 heterocycles. The summed E-state index contributed by atoms with van der Waals surface area (Å²) in [5, 5.41) is 0. The van der Waals surface area contributed by atoms with E-state index in [0.29, 0.717) is 0 Å². The van der Waals surface area contributed by atoms with E-state index in [9.17, 15) is 0 Å². The number of hydrogen-bond acceptors (Lipinski definition) is 2. The van der Waals surface area contributed by atoms with Crippen molar-refractivity contribution in [3.8, 4) is 0 Å². The highest BCUT2D eigenvalue weighted by molar-refractivity contribution is 7.82. The summed E-state index contributed by atoms with van der Waals surface area (Å²) in [5.74, 6) is 0. The summed E-state index contributed by atoms with van der Waals surface area (Å²) in [4.78, 5) is 0. The molecule has 0 fully saturated rings. The van der Waals surface area contributed by atoms with E-state index in [1.807, 2.05) is 0 Å². The van der Waals surface area contributed by atoms with E-state index in [2.05, 4.69) is 17.0 Å². The summed E-state index contributed by atoms with van der Waals surface area (Å²) in [6.07, 6.45) is 0. The molecule has 0 bridgehead atoms. The van der Waals surface area contributed by atoms with Gasteiger partial charge in [-0.1, -0.05) is 34.8 Å². The molecule has 54 valence electrons. The molecule has 0 saturated heterocycles. The molecule has 0 spiro atoms. The fourth-order valence-corrected chi connectivity index (χ4v) is 0.416. The van der Waals surface area contributed by atoms with E-state index in [4.69, 9.17) is 46.4 Å². The zero-order valence-corrected chi connectivity index (χ0v) is 7.88. The van der Waals surface area contributed by atoms with Gasteiger partial charge in [-0.05, 0) is 23.8 Å². The van der Waals surface area contributed by atoms with Crippen LogP contribution >= 0.6 is 58.6 Å². The highest BCUT2D eigenvalue weighted by atomic mass is 35.6. The van der Waals surface area contributed by atoms with Crippen molar-refractivity contribution in [3.05, 3.63) is 0 Å². The van der Waals surface area contributed by atoms with Crippen LogP contribution in [0.25, 0.3) is 0 Å². The molecule has 0 aromatic carbocycles. The van der Waals surface area contributed by atoms with E-state index < -0.39 is 3.79 Å². The second-order valence-corrected chi connectivity index (χ2v) is 4.60. The Balaban J connectivity index is 3.39. The number of ether oxygens (including phenoxy) is 1. The minimum Gasteiger partial charge on any atom is -0.470 e. The summed E-state index contributed by atoms with van der Waals surface area (Å²) < 4.78 is 2.91.